The van der Waals surface area contributed by atoms with Gasteiger partial charge in [0.1, 0.15) is 6.61 Å². The lowest BCUT2D eigenvalue weighted by molar-refractivity contribution is -0.137. The van der Waals surface area contributed by atoms with Crippen LogP contribution in [0.3, 0.4) is 0 Å². The van der Waals surface area contributed by atoms with Crippen molar-refractivity contribution in [3.05, 3.63) is 71.3 Å². The predicted molar refractivity (Wildman–Crippen MR) is 89.9 cm³/mol. The molecule has 1 aliphatic heterocycles. The second-order valence-corrected chi connectivity index (χ2v) is 5.64. The van der Waals surface area contributed by atoms with Crippen molar-refractivity contribution in [2.24, 2.45) is 0 Å². The first-order valence-corrected chi connectivity index (χ1v) is 7.78. The molecule has 0 saturated carbocycles. The van der Waals surface area contributed by atoms with Gasteiger partial charge in [0, 0.05) is 11.3 Å². The van der Waals surface area contributed by atoms with Crippen molar-refractivity contribution in [3.63, 3.8) is 0 Å². The van der Waals surface area contributed by atoms with Crippen LogP contribution in [0, 0.1) is 0 Å². The lowest BCUT2D eigenvalue weighted by Gasteiger charge is -2.13. The van der Waals surface area contributed by atoms with E-state index < -0.39 is 17.8 Å². The fourth-order valence-corrected chi connectivity index (χ4v) is 2.54. The molecule has 1 saturated heterocycles. The molecular weight excluding hydrogens is 347 g/mol. The van der Waals surface area contributed by atoms with Crippen LogP contribution in [0.4, 0.5) is 23.7 Å². The lowest BCUT2D eigenvalue weighted by Crippen LogP contribution is -2.23. The van der Waals surface area contributed by atoms with Crippen LogP contribution in [0.15, 0.2) is 54.6 Å². The molecule has 0 atom stereocenters. The number of allylic oxidation sites excluding steroid dienone is 1. The van der Waals surface area contributed by atoms with Crippen LogP contribution < -0.4 is 4.90 Å². The van der Waals surface area contributed by atoms with Crippen molar-refractivity contribution in [1.82, 2.24) is 0 Å². The molecule has 1 fully saturated rings. The van der Waals surface area contributed by atoms with Crippen LogP contribution in [-0.4, -0.2) is 25.0 Å². The number of hydrogen-bond acceptors (Lipinski definition) is 3. The van der Waals surface area contributed by atoms with E-state index in [4.69, 9.17) is 4.74 Å². The Kier molecular flexibility index (Phi) is 4.79. The van der Waals surface area contributed by atoms with Gasteiger partial charge in [0.15, 0.2) is 5.78 Å². The van der Waals surface area contributed by atoms with Gasteiger partial charge in [-0.2, -0.15) is 13.2 Å². The Morgan fingerprint density at radius 3 is 2.58 bits per heavy atom. The maximum absolute atomic E-state index is 12.7. The molecular formula is C19H14F3NO3. The summed E-state index contributed by atoms with van der Waals surface area (Å²) < 4.78 is 43.0. The summed E-state index contributed by atoms with van der Waals surface area (Å²) in [5.41, 5.74) is 0.352. The van der Waals surface area contributed by atoms with Gasteiger partial charge in [0.05, 0.1) is 12.1 Å². The molecule has 1 aliphatic rings. The number of benzene rings is 2. The van der Waals surface area contributed by atoms with Gasteiger partial charge in [0.2, 0.25) is 0 Å². The van der Waals surface area contributed by atoms with Crippen molar-refractivity contribution in [2.75, 3.05) is 18.1 Å². The number of ketones is 1. The molecule has 2 aromatic rings. The molecule has 0 spiro atoms. The minimum atomic E-state index is -4.44. The van der Waals surface area contributed by atoms with Crippen molar-refractivity contribution >= 4 is 23.6 Å². The summed E-state index contributed by atoms with van der Waals surface area (Å²) in [5, 5.41) is 0. The molecule has 0 radical (unpaired) electrons. The van der Waals surface area contributed by atoms with Gasteiger partial charge in [-0.15, -0.1) is 0 Å². The summed E-state index contributed by atoms with van der Waals surface area (Å²) >= 11 is 0. The predicted octanol–water partition coefficient (Wildman–Crippen LogP) is 4.56. The summed E-state index contributed by atoms with van der Waals surface area (Å²) in [6.45, 7) is 0.684. The van der Waals surface area contributed by atoms with E-state index in [9.17, 15) is 22.8 Å². The van der Waals surface area contributed by atoms with Crippen LogP contribution >= 0.6 is 0 Å². The number of carbonyl (C=O) groups is 2. The summed E-state index contributed by atoms with van der Waals surface area (Å²) in [6, 6.07) is 11.1. The Hall–Kier alpha value is -3.09. The first-order chi connectivity index (χ1) is 12.3. The third kappa shape index (κ3) is 3.93. The molecule has 134 valence electrons. The van der Waals surface area contributed by atoms with Gasteiger partial charge in [-0.1, -0.05) is 30.3 Å². The Morgan fingerprint density at radius 2 is 1.88 bits per heavy atom. The minimum absolute atomic E-state index is 0.271. The number of carbonyl (C=O) groups excluding carboxylic acids is 2. The molecule has 26 heavy (non-hydrogen) atoms. The van der Waals surface area contributed by atoms with E-state index >= 15 is 0 Å². The molecule has 0 bridgehead atoms. The van der Waals surface area contributed by atoms with Crippen LogP contribution in [0.1, 0.15) is 21.5 Å². The molecule has 3 rings (SSSR count). The van der Waals surface area contributed by atoms with E-state index in [0.717, 1.165) is 12.1 Å². The third-order valence-electron chi connectivity index (χ3n) is 3.84. The topological polar surface area (TPSA) is 46.6 Å². The fraction of sp³-hybridized carbons (Fsp3) is 0.158. The highest BCUT2D eigenvalue weighted by Gasteiger charge is 2.30. The maximum atomic E-state index is 12.7. The standard InChI is InChI=1S/C19H14F3NO3/c20-19(21,22)15-5-1-3-13(11-15)7-8-17(24)14-4-2-6-16(12-14)23-9-10-26-18(23)25/h1-8,11-12H,9-10H2/b8-7+. The van der Waals surface area contributed by atoms with Gasteiger partial charge in [-0.05, 0) is 35.9 Å². The van der Waals surface area contributed by atoms with E-state index in [2.05, 4.69) is 0 Å². The number of anilines is 1. The van der Waals surface area contributed by atoms with E-state index in [1.54, 1.807) is 24.3 Å². The minimum Gasteiger partial charge on any atom is -0.447 e. The van der Waals surface area contributed by atoms with Crippen molar-refractivity contribution in [2.45, 2.75) is 6.18 Å². The molecule has 1 heterocycles. The maximum Gasteiger partial charge on any atom is 0.416 e. The average molecular weight is 361 g/mol. The Labute approximate surface area is 147 Å². The van der Waals surface area contributed by atoms with Crippen molar-refractivity contribution in [3.8, 4) is 0 Å². The monoisotopic (exact) mass is 361 g/mol. The molecule has 0 aromatic heterocycles. The number of ether oxygens (including phenoxy) is 1. The number of amides is 1. The number of rotatable bonds is 4. The van der Waals surface area contributed by atoms with Crippen LogP contribution in [0.2, 0.25) is 0 Å². The number of alkyl halides is 3. The molecule has 0 unspecified atom stereocenters. The Morgan fingerprint density at radius 1 is 1.12 bits per heavy atom. The number of halogens is 3. The van der Waals surface area contributed by atoms with Gasteiger partial charge < -0.3 is 4.74 Å². The number of nitrogens with zero attached hydrogens (tertiary/aromatic N) is 1. The Balaban J connectivity index is 1.78. The smallest absolute Gasteiger partial charge is 0.416 e. The number of cyclic esters (lactones) is 1. The average Bonchev–Trinajstić information content (AvgIpc) is 3.05. The number of hydrogen-bond donors (Lipinski definition) is 0. The second kappa shape index (κ2) is 7.03. The molecule has 4 nitrogen and oxygen atoms in total. The summed E-state index contributed by atoms with van der Waals surface area (Å²) in [7, 11) is 0. The van der Waals surface area contributed by atoms with E-state index in [0.29, 0.717) is 17.8 Å². The Bertz CT molecular complexity index is 874. The zero-order valence-electron chi connectivity index (χ0n) is 13.5. The highest BCUT2D eigenvalue weighted by atomic mass is 19.4. The van der Waals surface area contributed by atoms with E-state index in [1.807, 2.05) is 0 Å². The van der Waals surface area contributed by atoms with Crippen LogP contribution in [0.5, 0.6) is 0 Å². The molecule has 1 amide bonds. The van der Waals surface area contributed by atoms with Gasteiger partial charge >= 0.3 is 12.3 Å². The molecule has 7 heteroatoms. The van der Waals surface area contributed by atoms with Crippen LogP contribution in [0.25, 0.3) is 6.08 Å². The molecule has 2 aromatic carbocycles. The summed E-state index contributed by atoms with van der Waals surface area (Å²) in [5.74, 6) is -0.378. The van der Waals surface area contributed by atoms with E-state index in [-0.39, 0.29) is 18.0 Å². The van der Waals surface area contributed by atoms with Crippen LogP contribution in [-0.2, 0) is 10.9 Å². The summed E-state index contributed by atoms with van der Waals surface area (Å²) in [4.78, 5) is 25.3. The lowest BCUT2D eigenvalue weighted by atomic mass is 10.1. The zero-order chi connectivity index (χ0) is 18.7. The van der Waals surface area contributed by atoms with Crippen molar-refractivity contribution < 1.29 is 27.5 Å². The summed E-state index contributed by atoms with van der Waals surface area (Å²) in [6.07, 6.45) is -2.38. The third-order valence-corrected chi connectivity index (χ3v) is 3.84. The fourth-order valence-electron chi connectivity index (χ4n) is 2.54. The largest absolute Gasteiger partial charge is 0.447 e. The normalized spacial score (nSPS) is 14.7. The van der Waals surface area contributed by atoms with Gasteiger partial charge in [-0.25, -0.2) is 4.79 Å². The zero-order valence-corrected chi connectivity index (χ0v) is 13.5. The highest BCUT2D eigenvalue weighted by molar-refractivity contribution is 6.07. The first kappa shape index (κ1) is 17.7. The second-order valence-electron chi connectivity index (χ2n) is 5.64. The SMILES string of the molecule is O=C(/C=C/c1cccc(C(F)(F)F)c1)c1cccc(N2CCOC2=O)c1. The first-order valence-electron chi connectivity index (χ1n) is 7.78. The molecule has 0 aliphatic carbocycles. The van der Waals surface area contributed by atoms with Crippen molar-refractivity contribution in [1.29, 1.82) is 0 Å². The highest BCUT2D eigenvalue weighted by Crippen LogP contribution is 2.29. The van der Waals surface area contributed by atoms with Gasteiger partial charge in [-0.3, -0.25) is 9.69 Å². The molecule has 0 N–H and O–H groups in total. The quantitative estimate of drug-likeness (QED) is 0.593. The van der Waals surface area contributed by atoms with E-state index in [1.165, 1.54) is 29.2 Å². The van der Waals surface area contributed by atoms with Gasteiger partial charge in [0.25, 0.3) is 0 Å².